The summed E-state index contributed by atoms with van der Waals surface area (Å²) in [4.78, 5) is 11.3. The van der Waals surface area contributed by atoms with Gasteiger partial charge in [0.15, 0.2) is 11.6 Å². The van der Waals surface area contributed by atoms with Crippen LogP contribution in [0.3, 0.4) is 0 Å². The maximum atomic E-state index is 13.6. The molecule has 3 aromatic carbocycles. The zero-order chi connectivity index (χ0) is 18.7. The minimum Gasteiger partial charge on any atom is -0.457 e. The van der Waals surface area contributed by atoms with Crippen LogP contribution in [-0.2, 0) is 4.79 Å². The summed E-state index contributed by atoms with van der Waals surface area (Å²) in [6, 6.07) is 15.3. The number of benzene rings is 3. The van der Waals surface area contributed by atoms with Crippen molar-refractivity contribution in [2.45, 2.75) is 6.92 Å². The molecular formula is C20H14ClF2NO2. The smallest absolute Gasteiger partial charge is 0.221 e. The minimum atomic E-state index is -0.956. The van der Waals surface area contributed by atoms with Crippen LogP contribution in [0.15, 0.2) is 60.7 Å². The molecule has 0 fully saturated rings. The lowest BCUT2D eigenvalue weighted by atomic mass is 10.0. The third-order valence-electron chi connectivity index (χ3n) is 3.56. The highest BCUT2D eigenvalue weighted by atomic mass is 35.5. The fraction of sp³-hybridized carbons (Fsp3) is 0.0500. The first kappa shape index (κ1) is 17.9. The molecule has 0 atom stereocenters. The van der Waals surface area contributed by atoms with E-state index in [1.165, 1.54) is 13.0 Å². The third kappa shape index (κ3) is 4.18. The lowest BCUT2D eigenvalue weighted by Gasteiger charge is -2.14. The summed E-state index contributed by atoms with van der Waals surface area (Å²) in [6.45, 7) is 1.39. The Balaban J connectivity index is 2.07. The van der Waals surface area contributed by atoms with Crippen molar-refractivity contribution in [2.24, 2.45) is 0 Å². The van der Waals surface area contributed by atoms with E-state index in [-0.39, 0.29) is 5.91 Å². The van der Waals surface area contributed by atoms with Crippen molar-refractivity contribution in [3.63, 3.8) is 0 Å². The maximum absolute atomic E-state index is 13.6. The third-order valence-corrected chi connectivity index (χ3v) is 3.79. The van der Waals surface area contributed by atoms with Crippen molar-refractivity contribution in [3.8, 4) is 22.6 Å². The molecule has 0 aliphatic heterocycles. The molecule has 0 aliphatic carbocycles. The molecule has 3 aromatic rings. The van der Waals surface area contributed by atoms with Gasteiger partial charge in [0, 0.05) is 29.3 Å². The zero-order valence-corrected chi connectivity index (χ0v) is 14.5. The van der Waals surface area contributed by atoms with Gasteiger partial charge in [0.1, 0.15) is 11.5 Å². The molecule has 3 nitrogen and oxygen atoms in total. The van der Waals surface area contributed by atoms with Gasteiger partial charge in [-0.25, -0.2) is 8.78 Å². The van der Waals surface area contributed by atoms with Gasteiger partial charge >= 0.3 is 0 Å². The molecule has 0 bridgehead atoms. The molecule has 0 aliphatic rings. The minimum absolute atomic E-state index is 0.237. The van der Waals surface area contributed by atoms with Gasteiger partial charge in [0.25, 0.3) is 0 Å². The molecule has 1 amide bonds. The Morgan fingerprint density at radius 2 is 1.81 bits per heavy atom. The Kier molecular flexibility index (Phi) is 5.19. The fourth-order valence-electron chi connectivity index (χ4n) is 2.45. The molecular weight excluding hydrogens is 360 g/mol. The van der Waals surface area contributed by atoms with Crippen molar-refractivity contribution in [1.29, 1.82) is 0 Å². The van der Waals surface area contributed by atoms with Crippen molar-refractivity contribution in [2.75, 3.05) is 5.32 Å². The van der Waals surface area contributed by atoms with E-state index < -0.39 is 11.6 Å². The van der Waals surface area contributed by atoms with Gasteiger partial charge in [-0.05, 0) is 48.0 Å². The maximum Gasteiger partial charge on any atom is 0.221 e. The molecule has 6 heteroatoms. The Hall–Kier alpha value is -2.92. The number of carbonyl (C=O) groups is 1. The highest BCUT2D eigenvalue weighted by molar-refractivity contribution is 6.30. The van der Waals surface area contributed by atoms with E-state index in [1.807, 2.05) is 0 Å². The van der Waals surface area contributed by atoms with E-state index >= 15 is 0 Å². The van der Waals surface area contributed by atoms with E-state index in [0.717, 1.165) is 12.1 Å². The van der Waals surface area contributed by atoms with Gasteiger partial charge in [-0.2, -0.15) is 0 Å². The second-order valence-electron chi connectivity index (χ2n) is 5.58. The van der Waals surface area contributed by atoms with Crippen LogP contribution >= 0.6 is 11.6 Å². The highest BCUT2D eigenvalue weighted by Crippen LogP contribution is 2.36. The Morgan fingerprint density at radius 3 is 2.50 bits per heavy atom. The van der Waals surface area contributed by atoms with Crippen LogP contribution in [0.5, 0.6) is 11.5 Å². The normalized spacial score (nSPS) is 10.5. The number of amides is 1. The van der Waals surface area contributed by atoms with Gasteiger partial charge in [-0.1, -0.05) is 23.7 Å². The molecule has 0 radical (unpaired) electrons. The van der Waals surface area contributed by atoms with Crippen molar-refractivity contribution >= 4 is 23.2 Å². The lowest BCUT2D eigenvalue weighted by molar-refractivity contribution is -0.114. The quantitative estimate of drug-likeness (QED) is 0.605. The van der Waals surface area contributed by atoms with E-state index in [4.69, 9.17) is 16.3 Å². The van der Waals surface area contributed by atoms with Gasteiger partial charge in [0.05, 0.1) is 0 Å². The van der Waals surface area contributed by atoms with Gasteiger partial charge in [-0.3, -0.25) is 4.79 Å². The molecule has 26 heavy (non-hydrogen) atoms. The van der Waals surface area contributed by atoms with Crippen LogP contribution in [0.25, 0.3) is 11.1 Å². The van der Waals surface area contributed by atoms with Crippen molar-refractivity contribution in [3.05, 3.63) is 77.3 Å². The number of anilines is 1. The molecule has 0 aromatic heterocycles. The predicted molar refractivity (Wildman–Crippen MR) is 97.6 cm³/mol. The number of nitrogens with one attached hydrogen (secondary N) is 1. The second kappa shape index (κ2) is 7.54. The summed E-state index contributed by atoms with van der Waals surface area (Å²) in [7, 11) is 0. The summed E-state index contributed by atoms with van der Waals surface area (Å²) in [6.07, 6.45) is 0. The second-order valence-corrected chi connectivity index (χ2v) is 6.02. The van der Waals surface area contributed by atoms with E-state index in [9.17, 15) is 13.6 Å². The molecule has 1 N–H and O–H groups in total. The van der Waals surface area contributed by atoms with Crippen LogP contribution < -0.4 is 10.1 Å². The van der Waals surface area contributed by atoms with Crippen LogP contribution in [0.4, 0.5) is 14.5 Å². The SMILES string of the molecule is CC(=O)Nc1ccc(-c2ccc(F)c(F)c2)c(Oc2cccc(Cl)c2)c1. The lowest BCUT2D eigenvalue weighted by Crippen LogP contribution is -2.05. The summed E-state index contributed by atoms with van der Waals surface area (Å²) >= 11 is 5.98. The van der Waals surface area contributed by atoms with E-state index in [1.54, 1.807) is 42.5 Å². The summed E-state index contributed by atoms with van der Waals surface area (Å²) in [5, 5.41) is 3.16. The number of ether oxygens (including phenoxy) is 1. The standard InChI is InChI=1S/C20H14ClF2NO2/c1-12(25)24-15-6-7-17(13-5-8-18(22)19(23)9-13)20(11-15)26-16-4-2-3-14(21)10-16/h2-11H,1H3,(H,24,25). The summed E-state index contributed by atoms with van der Waals surface area (Å²) in [5.41, 5.74) is 1.49. The topological polar surface area (TPSA) is 38.3 Å². The molecule has 0 unspecified atom stereocenters. The van der Waals surface area contributed by atoms with Crippen molar-refractivity contribution < 1.29 is 18.3 Å². The number of halogens is 3. The number of carbonyl (C=O) groups excluding carboxylic acids is 1. The summed E-state index contributed by atoms with van der Waals surface area (Å²) in [5.74, 6) is -1.28. The Labute approximate surface area is 154 Å². The Morgan fingerprint density at radius 1 is 1.00 bits per heavy atom. The molecule has 0 spiro atoms. The predicted octanol–water partition coefficient (Wildman–Crippen LogP) is 6.04. The zero-order valence-electron chi connectivity index (χ0n) is 13.7. The average molecular weight is 374 g/mol. The fourth-order valence-corrected chi connectivity index (χ4v) is 2.63. The Bertz CT molecular complexity index is 976. The monoisotopic (exact) mass is 373 g/mol. The largest absolute Gasteiger partial charge is 0.457 e. The van der Waals surface area contributed by atoms with Crippen LogP contribution in [0.1, 0.15) is 6.92 Å². The molecule has 0 saturated carbocycles. The number of hydrogen-bond acceptors (Lipinski definition) is 2. The highest BCUT2D eigenvalue weighted by Gasteiger charge is 2.12. The molecule has 0 saturated heterocycles. The number of rotatable bonds is 4. The molecule has 132 valence electrons. The molecule has 0 heterocycles. The first-order valence-electron chi connectivity index (χ1n) is 7.73. The van der Waals surface area contributed by atoms with E-state index in [0.29, 0.717) is 33.3 Å². The number of hydrogen-bond donors (Lipinski definition) is 1. The average Bonchev–Trinajstić information content (AvgIpc) is 2.57. The van der Waals surface area contributed by atoms with Gasteiger partial charge < -0.3 is 10.1 Å². The van der Waals surface area contributed by atoms with Crippen LogP contribution in [0, 0.1) is 11.6 Å². The van der Waals surface area contributed by atoms with Gasteiger partial charge in [-0.15, -0.1) is 0 Å². The van der Waals surface area contributed by atoms with Crippen LogP contribution in [-0.4, -0.2) is 5.91 Å². The first-order valence-corrected chi connectivity index (χ1v) is 8.10. The van der Waals surface area contributed by atoms with Gasteiger partial charge in [0.2, 0.25) is 5.91 Å². The molecule has 3 rings (SSSR count). The van der Waals surface area contributed by atoms with Crippen molar-refractivity contribution in [1.82, 2.24) is 0 Å². The summed E-state index contributed by atoms with van der Waals surface area (Å²) < 4.78 is 32.8. The van der Waals surface area contributed by atoms with E-state index in [2.05, 4.69) is 5.32 Å². The van der Waals surface area contributed by atoms with Crippen LogP contribution in [0.2, 0.25) is 5.02 Å². The first-order chi connectivity index (χ1) is 12.4.